The van der Waals surface area contributed by atoms with E-state index >= 15 is 0 Å². The molecule has 2 fully saturated rings. The van der Waals surface area contributed by atoms with Gasteiger partial charge in [-0.1, -0.05) is 45.8 Å². The van der Waals surface area contributed by atoms with Gasteiger partial charge in [0.2, 0.25) is 0 Å². The first-order chi connectivity index (χ1) is 15.1. The second kappa shape index (κ2) is 14.0. The van der Waals surface area contributed by atoms with Gasteiger partial charge >= 0.3 is 11.9 Å². The Morgan fingerprint density at radius 2 is 1.16 bits per heavy atom. The minimum atomic E-state index is -1.57. The highest BCUT2D eigenvalue weighted by atomic mass is 16.4. The SMILES string of the molecule is C=CC1CC1(C(=O)CCCC)C(=O)CCCC.C=CC1CC1(C(=O)O)C(=O)O.CCCN. The van der Waals surface area contributed by atoms with Crippen molar-refractivity contribution >= 4 is 23.5 Å². The number of carbonyl (C=O) groups excluding carboxylic acids is 2. The summed E-state index contributed by atoms with van der Waals surface area (Å²) in [5, 5.41) is 17.1. The summed E-state index contributed by atoms with van der Waals surface area (Å²) in [5.74, 6) is -2.52. The lowest BCUT2D eigenvalue weighted by molar-refractivity contribution is -0.157. The molecule has 7 nitrogen and oxygen atoms in total. The number of Topliss-reactive ketones (excluding diaryl/α,β-unsaturated/α-hetero) is 2. The van der Waals surface area contributed by atoms with E-state index in [4.69, 9.17) is 15.9 Å². The molecule has 0 aliphatic heterocycles. The lowest BCUT2D eigenvalue weighted by Gasteiger charge is -2.14. The molecule has 7 heteroatoms. The van der Waals surface area contributed by atoms with E-state index < -0.39 is 28.7 Å². The number of carbonyl (C=O) groups is 4. The number of carboxylic acids is 2. The lowest BCUT2D eigenvalue weighted by Crippen LogP contribution is -2.27. The third-order valence-electron chi connectivity index (χ3n) is 6.16. The summed E-state index contributed by atoms with van der Waals surface area (Å²) >= 11 is 0. The van der Waals surface area contributed by atoms with Crippen molar-refractivity contribution in [2.45, 2.75) is 78.6 Å². The number of allylic oxidation sites excluding steroid dienone is 2. The molecule has 2 unspecified atom stereocenters. The molecule has 32 heavy (non-hydrogen) atoms. The highest BCUT2D eigenvalue weighted by Crippen LogP contribution is 2.56. The summed E-state index contributed by atoms with van der Waals surface area (Å²) in [7, 11) is 0. The predicted molar refractivity (Wildman–Crippen MR) is 125 cm³/mol. The minimum absolute atomic E-state index is 0.108. The molecular weight excluding hydrogens is 410 g/mol. The molecule has 2 rings (SSSR count). The first kappa shape index (κ1) is 29.7. The van der Waals surface area contributed by atoms with Gasteiger partial charge in [0.15, 0.2) is 5.41 Å². The van der Waals surface area contributed by atoms with Crippen LogP contribution in [0.5, 0.6) is 0 Å². The molecule has 0 aromatic heterocycles. The molecule has 0 spiro atoms. The van der Waals surface area contributed by atoms with Crippen molar-refractivity contribution in [3.63, 3.8) is 0 Å². The Morgan fingerprint density at radius 3 is 1.34 bits per heavy atom. The Bertz CT molecular complexity index is 648. The number of nitrogens with two attached hydrogens (primary N) is 1. The molecule has 0 radical (unpaired) electrons. The largest absolute Gasteiger partial charge is 0.480 e. The van der Waals surface area contributed by atoms with Gasteiger partial charge in [0.05, 0.1) is 5.41 Å². The standard InChI is InChI=1S/C15H24O2.C7H8O4.C3H9N/c1-4-7-9-13(16)15(11-12(15)6-3)14(17)10-8-5-2;1-2-4-3-7(4,5(8)9)6(10)11;1-2-3-4/h6,12H,3-5,7-11H2,1-2H3;2,4H,1,3H2,(H,8,9)(H,10,11);2-4H2,1H3. The third kappa shape index (κ3) is 7.12. The van der Waals surface area contributed by atoms with Crippen LogP contribution in [-0.4, -0.2) is 40.3 Å². The number of ketones is 2. The number of rotatable bonds is 13. The maximum absolute atomic E-state index is 12.2. The first-order valence-electron chi connectivity index (χ1n) is 11.6. The maximum Gasteiger partial charge on any atom is 0.321 e. The van der Waals surface area contributed by atoms with Gasteiger partial charge in [0.25, 0.3) is 0 Å². The van der Waals surface area contributed by atoms with Gasteiger partial charge in [0, 0.05) is 18.8 Å². The molecule has 0 saturated heterocycles. The molecule has 0 heterocycles. The van der Waals surface area contributed by atoms with Crippen molar-refractivity contribution in [1.82, 2.24) is 0 Å². The lowest BCUT2D eigenvalue weighted by atomic mass is 9.87. The van der Waals surface area contributed by atoms with Crippen molar-refractivity contribution in [2.75, 3.05) is 6.54 Å². The summed E-state index contributed by atoms with van der Waals surface area (Å²) < 4.78 is 0. The second-order valence-corrected chi connectivity index (χ2v) is 8.49. The Morgan fingerprint density at radius 1 is 0.812 bits per heavy atom. The Kier molecular flexibility index (Phi) is 13.0. The zero-order valence-electron chi connectivity index (χ0n) is 19.9. The zero-order chi connectivity index (χ0) is 24.9. The third-order valence-corrected chi connectivity index (χ3v) is 6.16. The number of hydrogen-bond donors (Lipinski definition) is 3. The van der Waals surface area contributed by atoms with Gasteiger partial charge in [-0.15, -0.1) is 13.2 Å². The van der Waals surface area contributed by atoms with Crippen molar-refractivity contribution in [1.29, 1.82) is 0 Å². The maximum atomic E-state index is 12.2. The van der Waals surface area contributed by atoms with Gasteiger partial charge in [-0.2, -0.15) is 0 Å². The second-order valence-electron chi connectivity index (χ2n) is 8.49. The molecule has 0 amide bonds. The van der Waals surface area contributed by atoms with Crippen molar-refractivity contribution in [3.05, 3.63) is 25.3 Å². The first-order valence-corrected chi connectivity index (χ1v) is 11.6. The van der Waals surface area contributed by atoms with E-state index in [0.29, 0.717) is 19.3 Å². The van der Waals surface area contributed by atoms with Gasteiger partial charge in [-0.25, -0.2) is 0 Å². The Hall–Kier alpha value is -2.28. The molecule has 2 atom stereocenters. The summed E-state index contributed by atoms with van der Waals surface area (Å²) in [4.78, 5) is 45.3. The molecule has 182 valence electrons. The van der Waals surface area contributed by atoms with E-state index in [1.165, 1.54) is 6.08 Å². The van der Waals surface area contributed by atoms with Crippen LogP contribution < -0.4 is 5.73 Å². The van der Waals surface area contributed by atoms with E-state index in [1.54, 1.807) is 6.08 Å². The number of aliphatic carboxylic acids is 2. The average molecular weight is 452 g/mol. The Balaban J connectivity index is 0.000000547. The molecule has 2 aliphatic rings. The molecular formula is C25H41NO6. The van der Waals surface area contributed by atoms with Crippen LogP contribution in [0.15, 0.2) is 25.3 Å². The fraction of sp³-hybridized carbons (Fsp3) is 0.680. The van der Waals surface area contributed by atoms with Crippen LogP contribution in [0, 0.1) is 22.7 Å². The quantitative estimate of drug-likeness (QED) is 0.279. The van der Waals surface area contributed by atoms with Crippen molar-refractivity contribution in [2.24, 2.45) is 28.4 Å². The predicted octanol–water partition coefficient (Wildman–Crippen LogP) is 4.40. The topological polar surface area (TPSA) is 135 Å². The van der Waals surface area contributed by atoms with Crippen molar-refractivity contribution in [3.8, 4) is 0 Å². The molecule has 2 aliphatic carbocycles. The number of carboxylic acid groups (broad SMARTS) is 2. The fourth-order valence-corrected chi connectivity index (χ4v) is 3.65. The normalized spacial score (nSPS) is 20.9. The highest BCUT2D eigenvalue weighted by molar-refractivity contribution is 6.10. The van der Waals surface area contributed by atoms with Crippen molar-refractivity contribution < 1.29 is 29.4 Å². The van der Waals surface area contributed by atoms with Crippen LogP contribution in [0.1, 0.15) is 78.6 Å². The average Bonchev–Trinajstić information content (AvgIpc) is 3.68. The molecule has 0 aromatic rings. The van der Waals surface area contributed by atoms with E-state index in [-0.39, 0.29) is 23.9 Å². The summed E-state index contributed by atoms with van der Waals surface area (Å²) in [6.45, 7) is 14.1. The number of hydrogen-bond acceptors (Lipinski definition) is 5. The molecule has 0 bridgehead atoms. The van der Waals surface area contributed by atoms with Crippen LogP contribution >= 0.6 is 0 Å². The van der Waals surface area contributed by atoms with Crippen LogP contribution in [0.2, 0.25) is 0 Å². The van der Waals surface area contributed by atoms with E-state index in [0.717, 1.165) is 38.6 Å². The smallest absolute Gasteiger partial charge is 0.321 e. The van der Waals surface area contributed by atoms with Crippen LogP contribution in [0.3, 0.4) is 0 Å². The van der Waals surface area contributed by atoms with Crippen LogP contribution in [0.25, 0.3) is 0 Å². The van der Waals surface area contributed by atoms with Gasteiger partial charge < -0.3 is 15.9 Å². The van der Waals surface area contributed by atoms with Gasteiger partial charge in [0.1, 0.15) is 11.6 Å². The highest BCUT2D eigenvalue weighted by Gasteiger charge is 2.65. The number of unbranched alkanes of at least 4 members (excludes halogenated alkanes) is 2. The molecule has 4 N–H and O–H groups in total. The van der Waals surface area contributed by atoms with Crippen LogP contribution in [0.4, 0.5) is 0 Å². The monoisotopic (exact) mass is 451 g/mol. The van der Waals surface area contributed by atoms with E-state index in [9.17, 15) is 19.2 Å². The molecule has 0 aromatic carbocycles. The zero-order valence-corrected chi connectivity index (χ0v) is 19.9. The van der Waals surface area contributed by atoms with E-state index in [1.807, 2.05) is 0 Å². The van der Waals surface area contributed by atoms with Gasteiger partial charge in [-0.3, -0.25) is 19.2 Å². The molecule has 2 saturated carbocycles. The summed E-state index contributed by atoms with van der Waals surface area (Å²) in [5.41, 5.74) is 2.80. The summed E-state index contributed by atoms with van der Waals surface area (Å²) in [6, 6.07) is 0. The van der Waals surface area contributed by atoms with Gasteiger partial charge in [-0.05, 0) is 44.6 Å². The fourth-order valence-electron chi connectivity index (χ4n) is 3.65. The van der Waals surface area contributed by atoms with Crippen LogP contribution in [-0.2, 0) is 19.2 Å². The minimum Gasteiger partial charge on any atom is -0.480 e. The summed E-state index contributed by atoms with van der Waals surface area (Å²) in [6.07, 6.45) is 10.0. The Labute approximate surface area is 192 Å². The van der Waals surface area contributed by atoms with E-state index in [2.05, 4.69) is 33.9 Å².